The fraction of sp³-hybridized carbons (Fsp3) is 0.308. The van der Waals surface area contributed by atoms with E-state index in [-0.39, 0.29) is 5.03 Å². The van der Waals surface area contributed by atoms with E-state index in [9.17, 15) is 8.42 Å². The van der Waals surface area contributed by atoms with Gasteiger partial charge in [-0.1, -0.05) is 38.5 Å². The average Bonchev–Trinajstić information content (AvgIpc) is 2.34. The van der Waals surface area contributed by atoms with Crippen LogP contribution in [0.5, 0.6) is 0 Å². The Labute approximate surface area is 108 Å². The van der Waals surface area contributed by atoms with E-state index in [0.29, 0.717) is 5.56 Å². The molecule has 0 saturated carbocycles. The quantitative estimate of drug-likeness (QED) is 0.635. The second kappa shape index (κ2) is 6.47. The van der Waals surface area contributed by atoms with E-state index < -0.39 is 10.0 Å². The molecular weight excluding hydrogens is 248 g/mol. The second-order valence-corrected chi connectivity index (χ2v) is 5.38. The fourth-order valence-corrected chi connectivity index (χ4v) is 2.30. The number of hydrogen-bond acceptors (Lipinski definition) is 3. The molecule has 1 rings (SSSR count). The normalized spacial score (nSPS) is 12.4. The maximum Gasteiger partial charge on any atom is 0.256 e. The molecule has 0 fully saturated rings. The van der Waals surface area contributed by atoms with E-state index in [2.05, 4.69) is 18.5 Å². The van der Waals surface area contributed by atoms with Crippen LogP contribution in [0.4, 0.5) is 0 Å². The summed E-state index contributed by atoms with van der Waals surface area (Å²) in [6.07, 6.45) is 7.99. The Morgan fingerprint density at radius 1 is 1.56 bits per heavy atom. The van der Waals surface area contributed by atoms with Crippen molar-refractivity contribution in [2.24, 2.45) is 5.14 Å². The summed E-state index contributed by atoms with van der Waals surface area (Å²) >= 11 is 0. The van der Waals surface area contributed by atoms with E-state index in [4.69, 9.17) is 5.14 Å². The standard InChI is InChI=1S/C13H18N2O2S/c1-3-5-6-8-11(4-2)12-9-7-10-15-13(12)18(14,16)17/h4,7-10H,2-3,5-6H2,1H3,(H2,14,16,17)/b11-8-. The SMILES string of the molecule is C=C/C(=C/CCCC)c1cccnc1S(N)(=O)=O. The van der Waals surface area contributed by atoms with Crippen molar-refractivity contribution in [1.82, 2.24) is 4.98 Å². The minimum absolute atomic E-state index is 0.104. The molecule has 0 aliphatic carbocycles. The van der Waals surface area contributed by atoms with Crippen molar-refractivity contribution in [3.05, 3.63) is 42.6 Å². The lowest BCUT2D eigenvalue weighted by atomic mass is 10.1. The van der Waals surface area contributed by atoms with Crippen molar-refractivity contribution < 1.29 is 8.42 Å². The van der Waals surface area contributed by atoms with Gasteiger partial charge in [-0.15, -0.1) is 0 Å². The molecule has 1 aromatic heterocycles. The summed E-state index contributed by atoms with van der Waals surface area (Å²) in [5.74, 6) is 0. The number of aromatic nitrogens is 1. The summed E-state index contributed by atoms with van der Waals surface area (Å²) in [6.45, 7) is 5.81. The fourth-order valence-electron chi connectivity index (χ4n) is 1.60. The number of allylic oxidation sites excluding steroid dienone is 3. The zero-order valence-corrected chi connectivity index (χ0v) is 11.3. The van der Waals surface area contributed by atoms with Gasteiger partial charge >= 0.3 is 0 Å². The molecule has 0 bridgehead atoms. The maximum absolute atomic E-state index is 11.5. The predicted molar refractivity (Wildman–Crippen MR) is 73.3 cm³/mol. The second-order valence-electron chi connectivity index (χ2n) is 3.91. The van der Waals surface area contributed by atoms with E-state index in [0.717, 1.165) is 24.8 Å². The summed E-state index contributed by atoms with van der Waals surface area (Å²) in [5, 5.41) is 5.05. The Morgan fingerprint density at radius 3 is 2.83 bits per heavy atom. The highest BCUT2D eigenvalue weighted by Crippen LogP contribution is 2.22. The molecule has 0 saturated heterocycles. The monoisotopic (exact) mass is 266 g/mol. The highest BCUT2D eigenvalue weighted by atomic mass is 32.2. The lowest BCUT2D eigenvalue weighted by Gasteiger charge is -2.07. The molecule has 0 radical (unpaired) electrons. The summed E-state index contributed by atoms with van der Waals surface area (Å²) in [6, 6.07) is 3.37. The van der Waals surface area contributed by atoms with Crippen LogP contribution in [0.15, 0.2) is 42.1 Å². The Kier molecular flexibility index (Phi) is 5.25. The van der Waals surface area contributed by atoms with Gasteiger partial charge in [-0.25, -0.2) is 18.5 Å². The van der Waals surface area contributed by atoms with E-state index in [1.165, 1.54) is 6.20 Å². The van der Waals surface area contributed by atoms with E-state index in [1.54, 1.807) is 18.2 Å². The topological polar surface area (TPSA) is 73.0 Å². The predicted octanol–water partition coefficient (Wildman–Crippen LogP) is 2.49. The lowest BCUT2D eigenvalue weighted by Crippen LogP contribution is -2.16. The average molecular weight is 266 g/mol. The van der Waals surface area contributed by atoms with Crippen molar-refractivity contribution in [2.45, 2.75) is 31.2 Å². The molecule has 1 aromatic rings. The van der Waals surface area contributed by atoms with Crippen LogP contribution in [0.2, 0.25) is 0 Å². The van der Waals surface area contributed by atoms with Crippen LogP contribution in [0, 0.1) is 0 Å². The van der Waals surface area contributed by atoms with Crippen molar-refractivity contribution in [1.29, 1.82) is 0 Å². The number of rotatable bonds is 6. The Morgan fingerprint density at radius 2 is 2.28 bits per heavy atom. The molecule has 0 aromatic carbocycles. The van der Waals surface area contributed by atoms with Crippen LogP contribution in [0.3, 0.4) is 0 Å². The first-order valence-corrected chi connectivity index (χ1v) is 7.36. The molecule has 5 heteroatoms. The Balaban J connectivity index is 3.22. The van der Waals surface area contributed by atoms with Crippen molar-refractivity contribution in [3.8, 4) is 0 Å². The molecule has 4 nitrogen and oxygen atoms in total. The third-order valence-electron chi connectivity index (χ3n) is 2.49. The van der Waals surface area contributed by atoms with Crippen LogP contribution < -0.4 is 5.14 Å². The number of primary sulfonamides is 1. The third-order valence-corrected chi connectivity index (χ3v) is 3.36. The molecule has 2 N–H and O–H groups in total. The zero-order valence-electron chi connectivity index (χ0n) is 10.5. The van der Waals surface area contributed by atoms with Gasteiger partial charge in [-0.05, 0) is 24.1 Å². The van der Waals surface area contributed by atoms with Crippen molar-refractivity contribution in [3.63, 3.8) is 0 Å². The van der Waals surface area contributed by atoms with Gasteiger partial charge in [-0.3, -0.25) is 0 Å². The van der Waals surface area contributed by atoms with Gasteiger partial charge in [0.25, 0.3) is 10.0 Å². The molecule has 0 amide bonds. The van der Waals surface area contributed by atoms with Gasteiger partial charge in [-0.2, -0.15) is 0 Å². The number of nitrogens with two attached hydrogens (primary N) is 1. The molecule has 0 unspecified atom stereocenters. The van der Waals surface area contributed by atoms with Crippen molar-refractivity contribution >= 4 is 15.6 Å². The number of hydrogen-bond donors (Lipinski definition) is 1. The largest absolute Gasteiger partial charge is 0.256 e. The van der Waals surface area contributed by atoms with Crippen LogP contribution in [0.25, 0.3) is 5.57 Å². The molecule has 1 heterocycles. The van der Waals surface area contributed by atoms with Gasteiger partial charge in [0, 0.05) is 11.8 Å². The molecular formula is C13H18N2O2S. The lowest BCUT2D eigenvalue weighted by molar-refractivity contribution is 0.594. The molecule has 98 valence electrons. The number of unbranched alkanes of at least 4 members (excludes halogenated alkanes) is 2. The highest BCUT2D eigenvalue weighted by molar-refractivity contribution is 7.89. The van der Waals surface area contributed by atoms with Crippen LogP contribution >= 0.6 is 0 Å². The minimum atomic E-state index is -3.82. The molecule has 18 heavy (non-hydrogen) atoms. The first-order chi connectivity index (χ1) is 8.50. The first kappa shape index (κ1) is 14.6. The van der Waals surface area contributed by atoms with Crippen LogP contribution in [0.1, 0.15) is 31.7 Å². The molecule has 0 spiro atoms. The van der Waals surface area contributed by atoms with Gasteiger partial charge in [0.15, 0.2) is 5.03 Å². The first-order valence-electron chi connectivity index (χ1n) is 5.81. The van der Waals surface area contributed by atoms with E-state index in [1.807, 2.05) is 6.08 Å². The third kappa shape index (κ3) is 3.78. The summed E-state index contributed by atoms with van der Waals surface area (Å²) in [7, 11) is -3.82. The maximum atomic E-state index is 11.5. The number of pyridine rings is 1. The summed E-state index contributed by atoms with van der Waals surface area (Å²) in [5.41, 5.74) is 1.26. The van der Waals surface area contributed by atoms with Crippen LogP contribution in [-0.4, -0.2) is 13.4 Å². The van der Waals surface area contributed by atoms with E-state index >= 15 is 0 Å². The molecule has 0 atom stereocenters. The summed E-state index contributed by atoms with van der Waals surface area (Å²) < 4.78 is 22.9. The minimum Gasteiger partial charge on any atom is -0.243 e. The Hall–Kier alpha value is -1.46. The number of nitrogens with zero attached hydrogens (tertiary/aromatic N) is 1. The van der Waals surface area contributed by atoms with Gasteiger partial charge in [0.2, 0.25) is 0 Å². The summed E-state index contributed by atoms with van der Waals surface area (Å²) in [4.78, 5) is 3.85. The zero-order chi connectivity index (χ0) is 13.6. The van der Waals surface area contributed by atoms with Crippen molar-refractivity contribution in [2.75, 3.05) is 0 Å². The highest BCUT2D eigenvalue weighted by Gasteiger charge is 2.16. The van der Waals surface area contributed by atoms with Gasteiger partial charge in [0.05, 0.1) is 0 Å². The smallest absolute Gasteiger partial charge is 0.243 e. The molecule has 0 aliphatic heterocycles. The van der Waals surface area contributed by atoms with Gasteiger partial charge < -0.3 is 0 Å². The van der Waals surface area contributed by atoms with Gasteiger partial charge in [0.1, 0.15) is 0 Å². The number of sulfonamides is 1. The Bertz CT molecular complexity index is 548. The van der Waals surface area contributed by atoms with Crippen LogP contribution in [-0.2, 0) is 10.0 Å². The molecule has 0 aliphatic rings.